The number of hydrogen-bond acceptors (Lipinski definition) is 2. The highest BCUT2D eigenvalue weighted by atomic mass is 16.2. The monoisotopic (exact) mass is 346 g/mol. The summed E-state index contributed by atoms with van der Waals surface area (Å²) < 4.78 is 0. The number of allylic oxidation sites excluding steroid dienone is 1. The van der Waals surface area contributed by atoms with Crippen LogP contribution < -0.4 is 4.90 Å². The van der Waals surface area contributed by atoms with Crippen LogP contribution in [0.25, 0.3) is 15.3 Å². The van der Waals surface area contributed by atoms with Crippen molar-refractivity contribution in [1.29, 1.82) is 0 Å². The van der Waals surface area contributed by atoms with Crippen LogP contribution in [0.1, 0.15) is 37.5 Å². The largest absolute Gasteiger partial charge is 0.543 e. The maximum absolute atomic E-state index is 12.9. The highest BCUT2D eigenvalue weighted by Gasteiger charge is 2.39. The van der Waals surface area contributed by atoms with Gasteiger partial charge in [0, 0.05) is 25.3 Å². The Kier molecular flexibility index (Phi) is 3.92. The number of aryl methyl sites for hydroxylation is 1. The maximum Gasteiger partial charge on any atom is 0.543 e. The molecule has 0 atom stereocenters. The van der Waals surface area contributed by atoms with Gasteiger partial charge in [0.1, 0.15) is 18.8 Å². The normalized spacial score (nSPS) is 18.2. The van der Waals surface area contributed by atoms with Crippen LogP contribution in [0.4, 0.5) is 5.69 Å². The van der Waals surface area contributed by atoms with Gasteiger partial charge in [-0.05, 0) is 68.5 Å². The summed E-state index contributed by atoms with van der Waals surface area (Å²) in [7, 11) is 3.73. The van der Waals surface area contributed by atoms with Gasteiger partial charge in [0.2, 0.25) is 0 Å². The smallest absolute Gasteiger partial charge is 0.369 e. The zero-order chi connectivity index (χ0) is 19.4. The van der Waals surface area contributed by atoms with Crippen LogP contribution in [0.3, 0.4) is 0 Å². The minimum Gasteiger partial charge on any atom is -0.369 e. The Morgan fingerprint density at radius 1 is 1.15 bits per heavy atom. The van der Waals surface area contributed by atoms with Crippen molar-refractivity contribution in [2.75, 3.05) is 19.0 Å². The SMILES string of the molecule is [C-]#[N+]C([N+]#[C-])=C1C(C)=C(c2cc3c(cc2C)N(C)C(C)(C)C3)C(=O)N1C. The van der Waals surface area contributed by atoms with Crippen molar-refractivity contribution in [3.8, 4) is 0 Å². The number of likely N-dealkylation sites (N-methyl/N-ethyl adjacent to an activating group) is 2. The zero-order valence-corrected chi connectivity index (χ0v) is 16.1. The van der Waals surface area contributed by atoms with Gasteiger partial charge in [-0.25, -0.2) is 0 Å². The molecule has 132 valence electrons. The number of anilines is 1. The highest BCUT2D eigenvalue weighted by Crippen LogP contribution is 2.43. The number of hydrogen-bond donors (Lipinski definition) is 0. The van der Waals surface area contributed by atoms with E-state index in [1.807, 2.05) is 13.8 Å². The van der Waals surface area contributed by atoms with Crippen molar-refractivity contribution < 1.29 is 4.79 Å². The van der Waals surface area contributed by atoms with E-state index in [0.717, 1.165) is 17.5 Å². The summed E-state index contributed by atoms with van der Waals surface area (Å²) in [6, 6.07) is 4.25. The third-order valence-corrected chi connectivity index (χ3v) is 5.60. The number of carbonyl (C=O) groups excluding carboxylic acids is 1. The van der Waals surface area contributed by atoms with Crippen LogP contribution >= 0.6 is 0 Å². The first kappa shape index (κ1) is 17.8. The van der Waals surface area contributed by atoms with E-state index < -0.39 is 0 Å². The molecule has 0 N–H and O–H groups in total. The van der Waals surface area contributed by atoms with E-state index in [2.05, 4.69) is 47.6 Å². The Hall–Kier alpha value is -3.05. The lowest BCUT2D eigenvalue weighted by atomic mass is 9.92. The Balaban J connectivity index is 2.23. The van der Waals surface area contributed by atoms with E-state index >= 15 is 0 Å². The number of benzene rings is 1. The van der Waals surface area contributed by atoms with Crippen molar-refractivity contribution in [2.24, 2.45) is 0 Å². The van der Waals surface area contributed by atoms with Crippen LogP contribution in [0.5, 0.6) is 0 Å². The molecular weight excluding hydrogens is 324 g/mol. The van der Waals surface area contributed by atoms with E-state index in [-0.39, 0.29) is 17.3 Å². The van der Waals surface area contributed by atoms with E-state index in [1.165, 1.54) is 16.2 Å². The lowest BCUT2D eigenvalue weighted by molar-refractivity contribution is -0.121. The number of carbonyl (C=O) groups is 1. The fourth-order valence-corrected chi connectivity index (χ4v) is 3.94. The molecule has 0 bridgehead atoms. The minimum atomic E-state index is -0.157. The Labute approximate surface area is 154 Å². The molecule has 1 amide bonds. The lowest BCUT2D eigenvalue weighted by Gasteiger charge is -2.30. The van der Waals surface area contributed by atoms with Gasteiger partial charge >= 0.3 is 5.82 Å². The first-order valence-electron chi connectivity index (χ1n) is 8.50. The van der Waals surface area contributed by atoms with Gasteiger partial charge in [-0.1, -0.05) is 0 Å². The second kappa shape index (κ2) is 5.75. The van der Waals surface area contributed by atoms with Crippen LogP contribution in [0.2, 0.25) is 0 Å². The van der Waals surface area contributed by atoms with Gasteiger partial charge in [-0.15, -0.1) is 0 Å². The van der Waals surface area contributed by atoms with Gasteiger partial charge < -0.3 is 9.80 Å². The van der Waals surface area contributed by atoms with Crippen molar-refractivity contribution in [3.05, 3.63) is 68.7 Å². The summed E-state index contributed by atoms with van der Waals surface area (Å²) in [6.45, 7) is 22.7. The molecule has 26 heavy (non-hydrogen) atoms. The number of nitrogens with zero attached hydrogens (tertiary/aromatic N) is 4. The topological polar surface area (TPSA) is 32.3 Å². The lowest BCUT2D eigenvalue weighted by Crippen LogP contribution is -2.37. The summed E-state index contributed by atoms with van der Waals surface area (Å²) in [5.74, 6) is -0.219. The third-order valence-electron chi connectivity index (χ3n) is 5.60. The molecule has 0 saturated heterocycles. The molecule has 0 aliphatic carbocycles. The molecule has 0 aromatic heterocycles. The molecule has 1 aromatic carbocycles. The Morgan fingerprint density at radius 3 is 2.35 bits per heavy atom. The van der Waals surface area contributed by atoms with Gasteiger partial charge in [0.15, 0.2) is 0 Å². The summed E-state index contributed by atoms with van der Waals surface area (Å²) >= 11 is 0. The Bertz CT molecular complexity index is 966. The molecule has 5 nitrogen and oxygen atoms in total. The summed E-state index contributed by atoms with van der Waals surface area (Å²) in [5.41, 5.74) is 6.11. The first-order chi connectivity index (χ1) is 12.1. The average Bonchev–Trinajstić information content (AvgIpc) is 2.93. The molecule has 0 radical (unpaired) electrons. The van der Waals surface area contributed by atoms with Crippen molar-refractivity contribution in [3.63, 3.8) is 0 Å². The van der Waals surface area contributed by atoms with Crippen LogP contribution in [-0.2, 0) is 11.2 Å². The summed E-state index contributed by atoms with van der Waals surface area (Å²) in [5, 5.41) is 0. The van der Waals surface area contributed by atoms with Crippen molar-refractivity contribution in [1.82, 2.24) is 4.90 Å². The second-order valence-corrected chi connectivity index (χ2v) is 7.60. The summed E-state index contributed by atoms with van der Waals surface area (Å²) in [4.78, 5) is 23.2. The van der Waals surface area contributed by atoms with E-state index in [1.54, 1.807) is 7.05 Å². The standard InChI is InChI=1S/C21H22N4O/c1-12-9-16-14(11-21(3,4)25(16)8)10-15(12)17-13(2)18(19(22-5)23-6)24(7)20(17)26/h9-10H,11H2,1-4,7-8H3. The average molecular weight is 346 g/mol. The fourth-order valence-electron chi connectivity index (χ4n) is 3.94. The van der Waals surface area contributed by atoms with Gasteiger partial charge in [-0.2, -0.15) is 9.69 Å². The Morgan fingerprint density at radius 2 is 1.77 bits per heavy atom. The molecule has 3 rings (SSSR count). The molecule has 0 fully saturated rings. The maximum atomic E-state index is 12.9. The fraction of sp³-hybridized carbons (Fsp3) is 0.381. The second-order valence-electron chi connectivity index (χ2n) is 7.60. The van der Waals surface area contributed by atoms with E-state index in [4.69, 9.17) is 13.1 Å². The minimum absolute atomic E-state index is 0.0414. The molecule has 0 saturated carbocycles. The van der Waals surface area contributed by atoms with Crippen molar-refractivity contribution >= 4 is 17.2 Å². The number of fused-ring (bicyclic) bond motifs is 1. The van der Waals surface area contributed by atoms with E-state index in [9.17, 15) is 4.79 Å². The van der Waals surface area contributed by atoms with Gasteiger partial charge in [-0.3, -0.25) is 4.79 Å². The molecule has 5 heteroatoms. The predicted octanol–water partition coefficient (Wildman–Crippen LogP) is 4.02. The summed E-state index contributed by atoms with van der Waals surface area (Å²) in [6.07, 6.45) is 0.917. The highest BCUT2D eigenvalue weighted by molar-refractivity contribution is 6.25. The third kappa shape index (κ3) is 2.32. The van der Waals surface area contributed by atoms with E-state index in [0.29, 0.717) is 16.8 Å². The van der Waals surface area contributed by atoms with Gasteiger partial charge in [0.05, 0.1) is 5.57 Å². The molecular formula is C21H22N4O. The molecule has 2 aliphatic rings. The first-order valence-corrected chi connectivity index (χ1v) is 8.50. The van der Waals surface area contributed by atoms with Crippen LogP contribution in [-0.4, -0.2) is 30.4 Å². The quantitative estimate of drug-likeness (QED) is 0.720. The zero-order valence-electron chi connectivity index (χ0n) is 16.1. The molecule has 2 aliphatic heterocycles. The molecule has 0 spiro atoms. The van der Waals surface area contributed by atoms with Crippen LogP contribution in [0, 0.1) is 20.1 Å². The molecule has 2 heterocycles. The van der Waals surface area contributed by atoms with Crippen LogP contribution in [0.15, 0.2) is 29.2 Å². The molecule has 0 unspecified atom stereocenters. The number of amides is 1. The van der Waals surface area contributed by atoms with Crippen molar-refractivity contribution in [2.45, 2.75) is 39.7 Å². The van der Waals surface area contributed by atoms with Gasteiger partial charge in [0.25, 0.3) is 5.91 Å². The predicted molar refractivity (Wildman–Crippen MR) is 103 cm³/mol. The molecule has 1 aromatic rings. The number of rotatable bonds is 1.